The Morgan fingerprint density at radius 2 is 1.35 bits per heavy atom. The number of phenols is 1. The molecule has 7 rings (SSSR count). The first-order valence-corrected chi connectivity index (χ1v) is 28.3. The maximum Gasteiger partial charge on any atom is 0.248 e. The number of rotatable bonds is 31. The molecule has 1 aromatic heterocycles. The number of hydrogen-bond acceptors (Lipinski definition) is 14. The molecule has 2 heterocycles. The van der Waals surface area contributed by atoms with E-state index in [1.54, 1.807) is 67.7 Å². The minimum Gasteiger partial charge on any atom is -0.508 e. The van der Waals surface area contributed by atoms with Gasteiger partial charge in [0.1, 0.15) is 53.8 Å². The zero-order chi connectivity index (χ0) is 55.1. The topological polar surface area (TPSA) is 187 Å². The number of likely N-dealkylation sites (tertiary alicyclic amines) is 1. The second-order valence-corrected chi connectivity index (χ2v) is 20.4. The van der Waals surface area contributed by atoms with Crippen molar-refractivity contribution in [3.63, 3.8) is 0 Å². The van der Waals surface area contributed by atoms with E-state index in [1.807, 2.05) is 59.5 Å². The first-order valence-electron chi connectivity index (χ1n) is 27.4. The lowest BCUT2D eigenvalue weighted by Crippen LogP contribution is -2.55. The Hall–Kier alpha value is -6.47. The summed E-state index contributed by atoms with van der Waals surface area (Å²) < 4.78 is 34.3. The fraction of sp³-hybridized carbons (Fsp3) is 0.459. The van der Waals surface area contributed by atoms with Gasteiger partial charge in [-0.25, -0.2) is 4.98 Å². The summed E-state index contributed by atoms with van der Waals surface area (Å²) >= 11 is 1.39. The van der Waals surface area contributed by atoms with Crippen LogP contribution in [0, 0.1) is 5.92 Å². The highest BCUT2D eigenvalue weighted by molar-refractivity contribution is 7.10. The number of ketones is 1. The predicted octanol–water partition coefficient (Wildman–Crippen LogP) is 8.77. The highest BCUT2D eigenvalue weighted by Gasteiger charge is 2.40. The van der Waals surface area contributed by atoms with Crippen LogP contribution in [0.15, 0.2) is 109 Å². The molecule has 3 amide bonds. The zero-order valence-corrected chi connectivity index (χ0v) is 46.4. The van der Waals surface area contributed by atoms with Crippen molar-refractivity contribution in [3.05, 3.63) is 141 Å². The molecule has 0 spiro atoms. The molecule has 0 radical (unpaired) electrons. The van der Waals surface area contributed by atoms with Gasteiger partial charge in [-0.1, -0.05) is 92.9 Å². The number of nitrogens with one attached hydrogen (secondary N) is 2. The quantitative estimate of drug-likeness (QED) is 0.0217. The van der Waals surface area contributed by atoms with Crippen LogP contribution < -0.4 is 20.1 Å². The Bertz CT molecular complexity index is 2690. The monoisotopic (exact) mass is 1090 g/mol. The fourth-order valence-corrected chi connectivity index (χ4v) is 10.7. The SMILES string of the molecule is CC/C(=C(\c1ccc(O)cc1)c1ccc(OCCN(C)C(=O)COCCOCCOCCOCCOc2cccc(C(=O)c3csc([C@@H]4CCCN4C(=O)[C@@H](NC(=O)[C@H](C)NC)C4CCCCC4)n3)c2)cc1)c1ccccc1. The normalized spacial score (nSPS) is 15.8. The molecule has 0 bridgehead atoms. The molecule has 418 valence electrons. The van der Waals surface area contributed by atoms with Crippen LogP contribution in [0.25, 0.3) is 11.1 Å². The standard InChI is InChI=1S/C61H77N5O11S/c1-5-52(44-14-8-6-9-15-44)56(45-21-25-49(67)26-22-45)46-23-27-50(28-24-46)76-31-30-65(4)55(68)41-75-37-36-73-33-32-72-34-35-74-38-39-77-51-19-12-18-48(40-51)58(69)53-42-78-60(63-53)54-20-13-29-66(54)61(71)57(47-16-10-7-11-17-47)64-59(70)43(2)62-3/h6,8-9,12,14-15,18-19,21-28,40,42-43,47,54,57,62,67H,5,7,10-11,13,16-17,20,29-39,41H2,1-4H3,(H,64,70)/b56-52-/t43-,54-,57-/m0/s1. The number of hydrogen-bond donors (Lipinski definition) is 3. The van der Waals surface area contributed by atoms with Gasteiger partial charge < -0.3 is 54.0 Å². The summed E-state index contributed by atoms with van der Waals surface area (Å²) in [4.78, 5) is 61.7. The molecule has 3 atom stereocenters. The van der Waals surface area contributed by atoms with Gasteiger partial charge >= 0.3 is 0 Å². The molecular formula is C61H77N5O11S. The van der Waals surface area contributed by atoms with Crippen molar-refractivity contribution in [2.24, 2.45) is 5.92 Å². The number of aromatic hydroxyl groups is 1. The van der Waals surface area contributed by atoms with E-state index < -0.39 is 12.1 Å². The van der Waals surface area contributed by atoms with Gasteiger partial charge in [0.2, 0.25) is 23.5 Å². The predicted molar refractivity (Wildman–Crippen MR) is 302 cm³/mol. The van der Waals surface area contributed by atoms with Gasteiger partial charge in [0, 0.05) is 24.5 Å². The van der Waals surface area contributed by atoms with Gasteiger partial charge in [-0.2, -0.15) is 0 Å². The van der Waals surface area contributed by atoms with Crippen molar-refractivity contribution in [1.29, 1.82) is 0 Å². The van der Waals surface area contributed by atoms with Crippen LogP contribution in [-0.2, 0) is 33.3 Å². The molecule has 17 heteroatoms. The average Bonchev–Trinajstić information content (AvgIpc) is 4.19. The van der Waals surface area contributed by atoms with E-state index in [0.717, 1.165) is 78.6 Å². The number of carbonyl (C=O) groups is 4. The summed E-state index contributed by atoms with van der Waals surface area (Å²) in [5.41, 5.74) is 6.26. The summed E-state index contributed by atoms with van der Waals surface area (Å²) in [5.74, 6) is 0.919. The van der Waals surface area contributed by atoms with Gasteiger partial charge in [-0.15, -0.1) is 11.3 Å². The van der Waals surface area contributed by atoms with Crippen LogP contribution in [0.4, 0.5) is 0 Å². The van der Waals surface area contributed by atoms with Gasteiger partial charge in [-0.05, 0) is 116 Å². The molecular weight excluding hydrogens is 1010 g/mol. The van der Waals surface area contributed by atoms with Crippen LogP contribution in [0.5, 0.6) is 17.2 Å². The third kappa shape index (κ3) is 17.3. The molecule has 1 saturated carbocycles. The van der Waals surface area contributed by atoms with E-state index in [1.165, 1.54) is 16.9 Å². The summed E-state index contributed by atoms with van der Waals surface area (Å²) in [6, 6.07) is 31.3. The molecule has 1 saturated heterocycles. The van der Waals surface area contributed by atoms with Crippen molar-refractivity contribution >= 4 is 46.0 Å². The highest BCUT2D eigenvalue weighted by Crippen LogP contribution is 2.38. The van der Waals surface area contributed by atoms with Gasteiger partial charge in [0.15, 0.2) is 0 Å². The number of nitrogens with zero attached hydrogens (tertiary/aromatic N) is 3. The summed E-state index contributed by atoms with van der Waals surface area (Å²) in [6.07, 6.45) is 7.46. The smallest absolute Gasteiger partial charge is 0.248 e. The second-order valence-electron chi connectivity index (χ2n) is 19.6. The van der Waals surface area contributed by atoms with Gasteiger partial charge in [-0.3, -0.25) is 19.2 Å². The average molecular weight is 1090 g/mol. The second kappa shape index (κ2) is 31.2. The Labute approximate surface area is 463 Å². The van der Waals surface area contributed by atoms with Crippen molar-refractivity contribution < 1.29 is 52.7 Å². The van der Waals surface area contributed by atoms with E-state index in [-0.39, 0.29) is 61.0 Å². The van der Waals surface area contributed by atoms with E-state index in [9.17, 15) is 24.3 Å². The molecule has 4 aromatic carbocycles. The number of ether oxygens (including phenoxy) is 6. The van der Waals surface area contributed by atoms with Crippen LogP contribution in [0.2, 0.25) is 0 Å². The Balaban J connectivity index is 0.724. The molecule has 0 unspecified atom stereocenters. The van der Waals surface area contributed by atoms with Gasteiger partial charge in [0.25, 0.3) is 0 Å². The number of amides is 3. The van der Waals surface area contributed by atoms with E-state index in [2.05, 4.69) is 29.7 Å². The lowest BCUT2D eigenvalue weighted by molar-refractivity contribution is -0.139. The van der Waals surface area contributed by atoms with Crippen molar-refractivity contribution in [2.45, 2.75) is 83.3 Å². The molecule has 3 N–H and O–H groups in total. The Morgan fingerprint density at radius 1 is 0.718 bits per heavy atom. The summed E-state index contributed by atoms with van der Waals surface area (Å²) in [5, 5.41) is 18.5. The molecule has 2 fully saturated rings. The van der Waals surface area contributed by atoms with Crippen LogP contribution in [0.3, 0.4) is 0 Å². The molecule has 5 aromatic rings. The van der Waals surface area contributed by atoms with E-state index in [4.69, 9.17) is 33.4 Å². The fourth-order valence-electron chi connectivity index (χ4n) is 9.74. The number of phenolic OH excluding ortho intramolecular Hbond substituents is 1. The first-order chi connectivity index (χ1) is 38.0. The minimum absolute atomic E-state index is 0.0636. The van der Waals surface area contributed by atoms with Crippen molar-refractivity contribution in [1.82, 2.24) is 25.4 Å². The van der Waals surface area contributed by atoms with E-state index >= 15 is 0 Å². The number of benzene rings is 4. The third-order valence-electron chi connectivity index (χ3n) is 14.2. The Kier molecular flexibility index (Phi) is 23.7. The van der Waals surface area contributed by atoms with Gasteiger partial charge in [0.05, 0.1) is 64.9 Å². The lowest BCUT2D eigenvalue weighted by Gasteiger charge is -2.35. The number of likely N-dealkylation sites (N-methyl/N-ethyl adjacent to an activating group) is 2. The molecule has 2 aliphatic rings. The summed E-state index contributed by atoms with van der Waals surface area (Å²) in [7, 11) is 3.45. The Morgan fingerprint density at radius 3 is 2.01 bits per heavy atom. The van der Waals surface area contributed by atoms with Crippen LogP contribution >= 0.6 is 11.3 Å². The number of carbonyl (C=O) groups excluding carboxylic acids is 4. The first kappa shape index (κ1) is 59.2. The van der Waals surface area contributed by atoms with Crippen LogP contribution in [-0.4, -0.2) is 149 Å². The lowest BCUT2D eigenvalue weighted by atomic mass is 9.83. The number of aromatic nitrogens is 1. The third-order valence-corrected chi connectivity index (χ3v) is 15.2. The maximum atomic E-state index is 14.2. The zero-order valence-electron chi connectivity index (χ0n) is 45.6. The number of allylic oxidation sites excluding steroid dienone is 1. The minimum atomic E-state index is -0.586. The highest BCUT2D eigenvalue weighted by atomic mass is 32.1. The molecule has 16 nitrogen and oxygen atoms in total. The van der Waals surface area contributed by atoms with E-state index in [0.29, 0.717) is 82.1 Å². The van der Waals surface area contributed by atoms with Crippen molar-refractivity contribution in [3.8, 4) is 17.2 Å². The molecule has 1 aliphatic heterocycles. The van der Waals surface area contributed by atoms with Crippen LogP contribution in [0.1, 0.15) is 109 Å². The maximum absolute atomic E-state index is 14.2. The van der Waals surface area contributed by atoms with Crippen molar-refractivity contribution in [2.75, 3.05) is 93.3 Å². The number of thiazole rings is 1. The summed E-state index contributed by atoms with van der Waals surface area (Å²) in [6.45, 7) is 7.86. The largest absolute Gasteiger partial charge is 0.508 e. The molecule has 78 heavy (non-hydrogen) atoms. The molecule has 1 aliphatic carbocycles.